The van der Waals surface area contributed by atoms with Crippen molar-refractivity contribution in [1.29, 1.82) is 0 Å². The van der Waals surface area contributed by atoms with Gasteiger partial charge in [0.05, 0.1) is 26.0 Å². The molecule has 1 atom stereocenters. The van der Waals surface area contributed by atoms with Gasteiger partial charge in [0, 0.05) is 44.8 Å². The standard InChI is InChI=1S/C24H26ClNO4S/c1-28-22-13-21(14-23(15-22)31(2)27)26-16-19-8-9-20(25)12-24(19)30-11-10-29-17-18-6-4-3-5-7-18/h3-4,6,8-9,12-16H,5,7,10-11,17H2,1-2H3. The Morgan fingerprint density at radius 1 is 1.19 bits per heavy atom. The summed E-state index contributed by atoms with van der Waals surface area (Å²) in [6, 6.07) is 10.7. The lowest BCUT2D eigenvalue weighted by atomic mass is 10.1. The third-order valence-corrected chi connectivity index (χ3v) is 5.77. The van der Waals surface area contributed by atoms with Crippen LogP contribution in [0.15, 0.2) is 70.1 Å². The molecule has 0 N–H and O–H groups in total. The minimum atomic E-state index is -1.13. The number of ether oxygens (including phenoxy) is 3. The van der Waals surface area contributed by atoms with Crippen LogP contribution in [0.3, 0.4) is 0 Å². The number of aliphatic imine (C=N–C) groups is 1. The van der Waals surface area contributed by atoms with Crippen molar-refractivity contribution in [3.05, 3.63) is 70.8 Å². The molecule has 0 aliphatic heterocycles. The number of rotatable bonds is 10. The number of methoxy groups -OCH3 is 1. The zero-order valence-electron chi connectivity index (χ0n) is 17.7. The summed E-state index contributed by atoms with van der Waals surface area (Å²) < 4.78 is 28.8. The number of allylic oxidation sites excluding steroid dienone is 3. The Balaban J connectivity index is 1.64. The highest BCUT2D eigenvalue weighted by molar-refractivity contribution is 7.84. The van der Waals surface area contributed by atoms with E-state index in [-0.39, 0.29) is 0 Å². The number of hydrogen-bond donors (Lipinski definition) is 0. The Bertz CT molecular complexity index is 1020. The molecule has 1 aliphatic carbocycles. The predicted octanol–water partition coefficient (Wildman–Crippen LogP) is 5.51. The molecule has 2 aromatic rings. The highest BCUT2D eigenvalue weighted by Crippen LogP contribution is 2.27. The van der Waals surface area contributed by atoms with Crippen LogP contribution in [0, 0.1) is 0 Å². The number of nitrogens with zero attached hydrogens (tertiary/aromatic N) is 1. The Morgan fingerprint density at radius 3 is 2.81 bits per heavy atom. The van der Waals surface area contributed by atoms with E-state index in [1.807, 2.05) is 6.07 Å². The third-order valence-electron chi connectivity index (χ3n) is 4.63. The first kappa shape index (κ1) is 23.3. The van der Waals surface area contributed by atoms with Crippen LogP contribution in [0.5, 0.6) is 11.5 Å². The first-order valence-corrected chi connectivity index (χ1v) is 11.9. The summed E-state index contributed by atoms with van der Waals surface area (Å²) in [5.74, 6) is 1.23. The summed E-state index contributed by atoms with van der Waals surface area (Å²) in [6.07, 6.45) is 11.8. The van der Waals surface area contributed by atoms with Crippen molar-refractivity contribution in [1.82, 2.24) is 0 Å². The van der Waals surface area contributed by atoms with E-state index >= 15 is 0 Å². The maximum absolute atomic E-state index is 11.9. The first-order valence-electron chi connectivity index (χ1n) is 9.96. The molecule has 31 heavy (non-hydrogen) atoms. The SMILES string of the molecule is COc1cc(N=Cc2ccc(Cl)cc2OCCOCC2=CC=CCC2)cc(S(C)=O)c1. The Morgan fingerprint density at radius 2 is 2.06 bits per heavy atom. The summed E-state index contributed by atoms with van der Waals surface area (Å²) in [6.45, 7) is 1.50. The Hall–Kier alpha value is -2.41. The van der Waals surface area contributed by atoms with Crippen LogP contribution in [-0.2, 0) is 15.5 Å². The van der Waals surface area contributed by atoms with Gasteiger partial charge in [-0.1, -0.05) is 29.8 Å². The second kappa shape index (κ2) is 11.8. The van der Waals surface area contributed by atoms with E-state index < -0.39 is 10.8 Å². The molecule has 0 bridgehead atoms. The molecule has 0 saturated heterocycles. The van der Waals surface area contributed by atoms with Crippen LogP contribution in [0.1, 0.15) is 18.4 Å². The van der Waals surface area contributed by atoms with E-state index in [0.29, 0.717) is 46.9 Å². The molecule has 0 radical (unpaired) electrons. The average molecular weight is 460 g/mol. The Kier molecular flexibility index (Phi) is 8.88. The summed E-state index contributed by atoms with van der Waals surface area (Å²) in [5.41, 5.74) is 2.72. The van der Waals surface area contributed by atoms with E-state index in [1.54, 1.807) is 49.9 Å². The van der Waals surface area contributed by atoms with Gasteiger partial charge in [0.1, 0.15) is 18.1 Å². The molecule has 2 aromatic carbocycles. The Labute approximate surface area is 190 Å². The van der Waals surface area contributed by atoms with Crippen LogP contribution in [-0.4, -0.2) is 43.6 Å². The molecule has 5 nitrogen and oxygen atoms in total. The van der Waals surface area contributed by atoms with Crippen molar-refractivity contribution in [3.8, 4) is 11.5 Å². The number of hydrogen-bond acceptors (Lipinski definition) is 5. The maximum Gasteiger partial charge on any atom is 0.129 e. The van der Waals surface area contributed by atoms with Gasteiger partial charge in [0.25, 0.3) is 0 Å². The quantitative estimate of drug-likeness (QED) is 0.347. The van der Waals surface area contributed by atoms with E-state index in [1.165, 1.54) is 5.57 Å². The van der Waals surface area contributed by atoms with Gasteiger partial charge >= 0.3 is 0 Å². The topological polar surface area (TPSA) is 57.1 Å². The molecule has 0 fully saturated rings. The highest BCUT2D eigenvalue weighted by Gasteiger charge is 2.07. The fourth-order valence-corrected chi connectivity index (χ4v) is 3.72. The van der Waals surface area contributed by atoms with Crippen LogP contribution >= 0.6 is 11.6 Å². The van der Waals surface area contributed by atoms with E-state index in [4.69, 9.17) is 25.8 Å². The summed E-state index contributed by atoms with van der Waals surface area (Å²) in [5, 5.41) is 0.581. The van der Waals surface area contributed by atoms with Crippen molar-refractivity contribution in [3.63, 3.8) is 0 Å². The van der Waals surface area contributed by atoms with Gasteiger partial charge < -0.3 is 14.2 Å². The molecular formula is C24H26ClNO4S. The van der Waals surface area contributed by atoms with Gasteiger partial charge in [-0.05, 0) is 48.7 Å². The average Bonchev–Trinajstić information content (AvgIpc) is 2.78. The lowest BCUT2D eigenvalue weighted by Gasteiger charge is -2.12. The molecule has 1 unspecified atom stereocenters. The van der Waals surface area contributed by atoms with Crippen LogP contribution in [0.25, 0.3) is 0 Å². The first-order chi connectivity index (χ1) is 15.0. The van der Waals surface area contributed by atoms with E-state index in [9.17, 15) is 4.21 Å². The maximum atomic E-state index is 11.9. The molecule has 0 aromatic heterocycles. The summed E-state index contributed by atoms with van der Waals surface area (Å²) in [4.78, 5) is 5.17. The molecule has 0 heterocycles. The number of benzene rings is 2. The van der Waals surface area contributed by atoms with Crippen molar-refractivity contribution in [2.75, 3.05) is 33.2 Å². The van der Waals surface area contributed by atoms with E-state index in [0.717, 1.165) is 18.4 Å². The van der Waals surface area contributed by atoms with Crippen molar-refractivity contribution >= 4 is 34.3 Å². The fourth-order valence-electron chi connectivity index (χ4n) is 2.99. The second-order valence-electron chi connectivity index (χ2n) is 6.95. The lowest BCUT2D eigenvalue weighted by molar-refractivity contribution is 0.115. The van der Waals surface area contributed by atoms with Gasteiger partial charge in [-0.2, -0.15) is 0 Å². The smallest absolute Gasteiger partial charge is 0.129 e. The minimum absolute atomic E-state index is 0.405. The summed E-state index contributed by atoms with van der Waals surface area (Å²) in [7, 11) is 0.437. The molecule has 3 rings (SSSR count). The van der Waals surface area contributed by atoms with E-state index in [2.05, 4.69) is 23.2 Å². The van der Waals surface area contributed by atoms with Crippen LogP contribution < -0.4 is 9.47 Å². The normalized spacial score (nSPS) is 14.5. The molecular weight excluding hydrogens is 434 g/mol. The third kappa shape index (κ3) is 7.35. The second-order valence-corrected chi connectivity index (χ2v) is 8.77. The van der Waals surface area contributed by atoms with Crippen molar-refractivity contribution in [2.24, 2.45) is 4.99 Å². The van der Waals surface area contributed by atoms with Crippen molar-refractivity contribution < 1.29 is 18.4 Å². The monoisotopic (exact) mass is 459 g/mol. The van der Waals surface area contributed by atoms with Crippen molar-refractivity contribution in [2.45, 2.75) is 17.7 Å². The van der Waals surface area contributed by atoms with Gasteiger partial charge in [0.2, 0.25) is 0 Å². The predicted molar refractivity (Wildman–Crippen MR) is 127 cm³/mol. The molecule has 1 aliphatic rings. The van der Waals surface area contributed by atoms with Crippen LogP contribution in [0.2, 0.25) is 5.02 Å². The van der Waals surface area contributed by atoms with Crippen LogP contribution in [0.4, 0.5) is 5.69 Å². The minimum Gasteiger partial charge on any atom is -0.497 e. The van der Waals surface area contributed by atoms with Gasteiger partial charge in [0.15, 0.2) is 0 Å². The molecule has 0 spiro atoms. The fraction of sp³-hybridized carbons (Fsp3) is 0.292. The lowest BCUT2D eigenvalue weighted by Crippen LogP contribution is -2.10. The zero-order chi connectivity index (χ0) is 22.1. The van der Waals surface area contributed by atoms with Gasteiger partial charge in [-0.25, -0.2) is 0 Å². The molecule has 0 amide bonds. The zero-order valence-corrected chi connectivity index (χ0v) is 19.2. The van der Waals surface area contributed by atoms with Gasteiger partial charge in [-0.3, -0.25) is 9.20 Å². The van der Waals surface area contributed by atoms with Gasteiger partial charge in [-0.15, -0.1) is 0 Å². The number of halogens is 1. The largest absolute Gasteiger partial charge is 0.497 e. The molecule has 0 saturated carbocycles. The highest BCUT2D eigenvalue weighted by atomic mass is 35.5. The molecule has 7 heteroatoms. The summed E-state index contributed by atoms with van der Waals surface area (Å²) >= 11 is 6.15. The molecule has 164 valence electrons.